The van der Waals surface area contributed by atoms with E-state index in [9.17, 15) is 13.2 Å². The van der Waals surface area contributed by atoms with Crippen LogP contribution in [0.5, 0.6) is 5.75 Å². The zero-order valence-electron chi connectivity index (χ0n) is 19.8. The first kappa shape index (κ1) is 25.3. The summed E-state index contributed by atoms with van der Waals surface area (Å²) in [4.78, 5) is 5.93. The second-order valence-corrected chi connectivity index (χ2v) is 8.63. The Kier molecular flexibility index (Phi) is 7.66. The van der Waals surface area contributed by atoms with Gasteiger partial charge in [0.1, 0.15) is 11.8 Å². The molecule has 1 atom stereocenters. The highest BCUT2D eigenvalue weighted by atomic mass is 19.4. The third-order valence-corrected chi connectivity index (χ3v) is 6.13. The molecule has 1 fully saturated rings. The minimum absolute atomic E-state index is 0.0519. The topological polar surface area (TPSA) is 110 Å². The average molecular weight is 504 g/mol. The number of alkyl halides is 3. The number of halogens is 3. The highest BCUT2D eigenvalue weighted by molar-refractivity contribution is 5.78. The van der Waals surface area contributed by atoms with Crippen LogP contribution in [-0.4, -0.2) is 39.4 Å². The molecule has 2 heterocycles. The van der Waals surface area contributed by atoms with Crippen molar-refractivity contribution in [2.24, 2.45) is 10.9 Å². The molecule has 8 nitrogen and oxygen atoms in total. The number of hydrogen-bond acceptors (Lipinski definition) is 6. The summed E-state index contributed by atoms with van der Waals surface area (Å²) in [6, 6.07) is 11.1. The van der Waals surface area contributed by atoms with Gasteiger partial charge in [0.25, 0.3) is 0 Å². The first-order chi connectivity index (χ1) is 17.3. The van der Waals surface area contributed by atoms with E-state index in [1.807, 2.05) is 31.2 Å². The molecule has 11 heteroatoms. The Labute approximate surface area is 206 Å². The molecule has 3 N–H and O–H groups in total. The second-order valence-electron chi connectivity index (χ2n) is 8.63. The molecular weight excluding hydrogens is 475 g/mol. The maximum Gasteiger partial charge on any atom is 0.416 e. The van der Waals surface area contributed by atoms with Gasteiger partial charge < -0.3 is 25.1 Å². The van der Waals surface area contributed by atoms with E-state index in [0.29, 0.717) is 26.0 Å². The molecule has 0 amide bonds. The van der Waals surface area contributed by atoms with E-state index in [2.05, 4.69) is 15.3 Å². The molecule has 2 aromatic carbocycles. The van der Waals surface area contributed by atoms with E-state index in [4.69, 9.17) is 20.2 Å². The summed E-state index contributed by atoms with van der Waals surface area (Å²) < 4.78 is 52.7. The van der Waals surface area contributed by atoms with Crippen LogP contribution in [0.1, 0.15) is 54.8 Å². The molecule has 0 bridgehead atoms. The first-order valence-corrected chi connectivity index (χ1v) is 11.8. The van der Waals surface area contributed by atoms with Gasteiger partial charge in [-0.2, -0.15) is 18.2 Å². The normalized spacial score (nSPS) is 16.5. The molecule has 0 spiro atoms. The molecule has 4 rings (SSSR count). The van der Waals surface area contributed by atoms with Gasteiger partial charge in [0.05, 0.1) is 12.2 Å². The fourth-order valence-electron chi connectivity index (χ4n) is 4.29. The smallest absolute Gasteiger partial charge is 0.416 e. The summed E-state index contributed by atoms with van der Waals surface area (Å²) in [5, 5.41) is 15.9. The largest absolute Gasteiger partial charge is 0.494 e. The van der Waals surface area contributed by atoms with Crippen LogP contribution in [0.2, 0.25) is 0 Å². The second kappa shape index (κ2) is 10.9. The van der Waals surface area contributed by atoms with Crippen molar-refractivity contribution in [2.45, 2.75) is 51.2 Å². The van der Waals surface area contributed by atoms with E-state index in [-0.39, 0.29) is 35.2 Å². The van der Waals surface area contributed by atoms with E-state index in [1.165, 1.54) is 6.07 Å². The van der Waals surface area contributed by atoms with Gasteiger partial charge in [-0.3, -0.25) is 0 Å². The maximum atomic E-state index is 13.9. The number of likely N-dealkylation sites (tertiary alicyclic amines) is 1. The van der Waals surface area contributed by atoms with Crippen molar-refractivity contribution in [3.63, 3.8) is 0 Å². The zero-order chi connectivity index (χ0) is 25.7. The van der Waals surface area contributed by atoms with Gasteiger partial charge in [0, 0.05) is 12.1 Å². The van der Waals surface area contributed by atoms with Crippen molar-refractivity contribution in [1.82, 2.24) is 15.0 Å². The number of ether oxygens (including phenoxy) is 1. The molecule has 192 valence electrons. The van der Waals surface area contributed by atoms with E-state index < -0.39 is 17.8 Å². The summed E-state index contributed by atoms with van der Waals surface area (Å²) in [5.41, 5.74) is 6.29. The Hall–Kier alpha value is -3.76. The van der Waals surface area contributed by atoms with E-state index in [1.54, 1.807) is 11.0 Å². The number of aryl methyl sites for hydroxylation is 2. The van der Waals surface area contributed by atoms with Crippen LogP contribution in [0.3, 0.4) is 0 Å². The lowest BCUT2D eigenvalue weighted by molar-refractivity contribution is -0.138. The predicted octanol–water partition coefficient (Wildman–Crippen LogP) is 5.17. The molecule has 1 aromatic heterocycles. The van der Waals surface area contributed by atoms with Crippen LogP contribution in [0, 0.1) is 0 Å². The lowest BCUT2D eigenvalue weighted by Gasteiger charge is -2.21. The Morgan fingerprint density at radius 1 is 1.22 bits per heavy atom. The van der Waals surface area contributed by atoms with Crippen LogP contribution >= 0.6 is 0 Å². The van der Waals surface area contributed by atoms with Gasteiger partial charge in [-0.15, -0.1) is 0 Å². The summed E-state index contributed by atoms with van der Waals surface area (Å²) in [7, 11) is 0. The van der Waals surface area contributed by atoms with E-state index in [0.717, 1.165) is 30.2 Å². The van der Waals surface area contributed by atoms with Crippen LogP contribution in [-0.2, 0) is 19.0 Å². The maximum absolute atomic E-state index is 13.9. The third-order valence-electron chi connectivity index (χ3n) is 6.13. The van der Waals surface area contributed by atoms with Gasteiger partial charge in [0.2, 0.25) is 17.7 Å². The van der Waals surface area contributed by atoms with Crippen LogP contribution in [0.25, 0.3) is 11.4 Å². The van der Waals surface area contributed by atoms with Crippen molar-refractivity contribution >= 4 is 5.96 Å². The quantitative estimate of drug-likeness (QED) is 0.189. The number of aromatic nitrogens is 2. The molecule has 0 radical (unpaired) electrons. The summed E-state index contributed by atoms with van der Waals surface area (Å²) in [6.07, 6.45) is -1.57. The Morgan fingerprint density at radius 3 is 2.69 bits per heavy atom. The zero-order valence-corrected chi connectivity index (χ0v) is 19.8. The minimum Gasteiger partial charge on any atom is -0.494 e. The van der Waals surface area contributed by atoms with Gasteiger partial charge in [-0.25, -0.2) is 0 Å². The molecule has 1 aliphatic heterocycles. The van der Waals surface area contributed by atoms with Crippen molar-refractivity contribution < 1.29 is 27.6 Å². The van der Waals surface area contributed by atoms with Crippen molar-refractivity contribution in [1.29, 1.82) is 0 Å². The Balaban J connectivity index is 1.52. The lowest BCUT2D eigenvalue weighted by atomic mass is 9.97. The van der Waals surface area contributed by atoms with Crippen molar-refractivity contribution in [3.8, 4) is 17.1 Å². The van der Waals surface area contributed by atoms with Crippen LogP contribution in [0.15, 0.2) is 52.1 Å². The number of nitrogens with two attached hydrogens (primary N) is 1. The fourth-order valence-corrected chi connectivity index (χ4v) is 4.29. The van der Waals surface area contributed by atoms with E-state index >= 15 is 0 Å². The standard InChI is InChI=1S/C25H28F3N5O3/c1-2-14-35-19-11-6-16(7-12-19)5-8-17-9-10-18(15-20(17)25(26,27)28)22-30-23(36-32-22)21-4-3-13-33(21)24(29)31-34/h6-7,9-12,15,21,34H,2-5,8,13-14H2,1H3,(H2,29,31)/t21-/m0/s1. The third kappa shape index (κ3) is 5.72. The Morgan fingerprint density at radius 2 is 2.00 bits per heavy atom. The van der Waals surface area contributed by atoms with Crippen LogP contribution in [0.4, 0.5) is 13.2 Å². The lowest BCUT2D eigenvalue weighted by Crippen LogP contribution is -2.36. The Bertz CT molecular complexity index is 1190. The molecular formula is C25H28F3N5O3. The summed E-state index contributed by atoms with van der Waals surface area (Å²) in [6.45, 7) is 3.18. The highest BCUT2D eigenvalue weighted by Crippen LogP contribution is 2.36. The molecule has 0 saturated carbocycles. The van der Waals surface area contributed by atoms with Crippen LogP contribution < -0.4 is 10.5 Å². The fraction of sp³-hybridized carbons (Fsp3) is 0.400. The van der Waals surface area contributed by atoms with Gasteiger partial charge in [-0.1, -0.05) is 41.5 Å². The molecule has 0 unspecified atom stereocenters. The molecule has 3 aromatic rings. The molecule has 1 saturated heterocycles. The number of oxime groups is 1. The molecule has 1 aliphatic rings. The van der Waals surface area contributed by atoms with Crippen molar-refractivity contribution in [2.75, 3.05) is 13.2 Å². The number of rotatable bonds is 8. The SMILES string of the molecule is CCCOc1ccc(CCc2ccc(-c3noc([C@@H]4CCCN4/C(N)=N/O)n3)cc2C(F)(F)F)cc1. The predicted molar refractivity (Wildman–Crippen MR) is 126 cm³/mol. The van der Waals surface area contributed by atoms with Gasteiger partial charge in [0.15, 0.2) is 0 Å². The molecule has 36 heavy (non-hydrogen) atoms. The van der Waals surface area contributed by atoms with Gasteiger partial charge in [-0.05, 0) is 61.4 Å². The highest BCUT2D eigenvalue weighted by Gasteiger charge is 2.35. The number of guanidine groups is 1. The average Bonchev–Trinajstić information content (AvgIpc) is 3.56. The molecule has 0 aliphatic carbocycles. The first-order valence-electron chi connectivity index (χ1n) is 11.8. The van der Waals surface area contributed by atoms with Crippen molar-refractivity contribution in [3.05, 3.63) is 65.0 Å². The summed E-state index contributed by atoms with van der Waals surface area (Å²) in [5.74, 6) is 0.922. The number of nitrogens with zero attached hydrogens (tertiary/aromatic N) is 4. The monoisotopic (exact) mass is 503 g/mol. The number of hydrogen-bond donors (Lipinski definition) is 2. The minimum atomic E-state index is -4.54. The summed E-state index contributed by atoms with van der Waals surface area (Å²) >= 11 is 0. The van der Waals surface area contributed by atoms with Gasteiger partial charge >= 0.3 is 6.18 Å². The number of benzene rings is 2.